The normalized spacial score (nSPS) is 30.4. The molecule has 3 aliphatic heterocycles. The number of rotatable bonds is 16. The van der Waals surface area contributed by atoms with Gasteiger partial charge in [0.25, 0.3) is 0 Å². The number of carbonyl (C=O) groups is 1. The van der Waals surface area contributed by atoms with Crippen LogP contribution in [0, 0.1) is 5.92 Å². The van der Waals surface area contributed by atoms with Crippen molar-refractivity contribution in [2.24, 2.45) is 11.7 Å². The molecule has 3 saturated heterocycles. The molecule has 9 nitrogen and oxygen atoms in total. The lowest BCUT2D eigenvalue weighted by Gasteiger charge is -2.53. The van der Waals surface area contributed by atoms with E-state index in [1.807, 2.05) is 18.2 Å². The lowest BCUT2D eigenvalue weighted by atomic mass is 9.82. The van der Waals surface area contributed by atoms with Crippen LogP contribution in [0.15, 0.2) is 29.4 Å². The van der Waals surface area contributed by atoms with Crippen LogP contribution < -0.4 is 5.73 Å². The van der Waals surface area contributed by atoms with Crippen LogP contribution in [-0.4, -0.2) is 90.1 Å². The lowest BCUT2D eigenvalue weighted by Crippen LogP contribution is -2.63. The molecule has 3 aliphatic rings. The number of hydrogen-bond donors (Lipinski definition) is 1. The summed E-state index contributed by atoms with van der Waals surface area (Å²) in [5.41, 5.74) is 6.98. The van der Waals surface area contributed by atoms with E-state index < -0.39 is 36.8 Å². The summed E-state index contributed by atoms with van der Waals surface area (Å²) in [6.07, 6.45) is 4.59. The second-order valence-corrected chi connectivity index (χ2v) is 34.9. The van der Waals surface area contributed by atoms with Gasteiger partial charge in [0, 0.05) is 37.9 Å². The number of hydrogen-bond acceptors (Lipinski definition) is 10. The van der Waals surface area contributed by atoms with Crippen LogP contribution in [0.1, 0.15) is 108 Å². The molecule has 9 atom stereocenters. The third-order valence-electron chi connectivity index (χ3n) is 13.5. The smallest absolute Gasteiger partial charge is 0.197 e. The van der Waals surface area contributed by atoms with Gasteiger partial charge in [-0.05, 0) is 97.1 Å². The molecule has 1 aromatic heterocycles. The molecule has 4 heterocycles. The fourth-order valence-corrected chi connectivity index (χ4v) is 13.9. The van der Waals surface area contributed by atoms with Crippen molar-refractivity contribution in [1.82, 2.24) is 4.98 Å². The van der Waals surface area contributed by atoms with Crippen LogP contribution in [-0.2, 0) is 32.3 Å². The van der Waals surface area contributed by atoms with Crippen LogP contribution >= 0.6 is 11.8 Å². The second-order valence-electron chi connectivity index (χ2n) is 19.6. The molecule has 1 spiro atoms. The maximum absolute atomic E-state index is 13.6. The Morgan fingerprint density at radius 3 is 2.22 bits per heavy atom. The molecule has 0 bridgehead atoms. The monoisotopic (exact) mass is 824 g/mol. The van der Waals surface area contributed by atoms with Crippen molar-refractivity contribution in [2.45, 2.75) is 216 Å². The first-order chi connectivity index (χ1) is 25.0. The highest BCUT2D eigenvalue weighted by Gasteiger charge is 2.57. The zero-order chi connectivity index (χ0) is 40.3. The Labute approximate surface area is 336 Å². The summed E-state index contributed by atoms with van der Waals surface area (Å²) < 4.78 is 41.7. The van der Waals surface area contributed by atoms with Gasteiger partial charge in [0.1, 0.15) is 5.03 Å². The fourth-order valence-electron chi connectivity index (χ4n) is 7.83. The van der Waals surface area contributed by atoms with Gasteiger partial charge in [-0.15, -0.1) is 0 Å². The Balaban J connectivity index is 1.49. The molecule has 0 amide bonds. The van der Waals surface area contributed by atoms with E-state index in [1.165, 1.54) is 11.8 Å². The zero-order valence-electron chi connectivity index (χ0n) is 36.3. The number of fused-ring (bicyclic) bond motifs is 1. The summed E-state index contributed by atoms with van der Waals surface area (Å²) in [5, 5.41) is 0.936. The Morgan fingerprint density at radius 2 is 1.65 bits per heavy atom. The van der Waals surface area contributed by atoms with Crippen molar-refractivity contribution in [3.05, 3.63) is 24.4 Å². The molecule has 2 unspecified atom stereocenters. The number of ether oxygens (including phenoxy) is 3. The fraction of sp³-hybridized carbons (Fsp3) is 0.854. The molecule has 13 heteroatoms. The summed E-state index contributed by atoms with van der Waals surface area (Å²) >= 11 is 1.17. The van der Waals surface area contributed by atoms with Gasteiger partial charge in [-0.3, -0.25) is 4.79 Å². The quantitative estimate of drug-likeness (QED) is 0.128. The topological polar surface area (TPSA) is 111 Å². The maximum atomic E-state index is 13.6. The van der Waals surface area contributed by atoms with Crippen molar-refractivity contribution in [3.8, 4) is 0 Å². The first kappa shape index (κ1) is 46.2. The first-order valence-electron chi connectivity index (χ1n) is 20.9. The minimum Gasteiger partial charge on any atom is -0.414 e. The molecule has 310 valence electrons. The number of aromatic nitrogens is 1. The lowest BCUT2D eigenvalue weighted by molar-refractivity contribution is -0.345. The van der Waals surface area contributed by atoms with Gasteiger partial charge in [-0.25, -0.2) is 4.98 Å². The average Bonchev–Trinajstić information content (AvgIpc) is 3.48. The minimum atomic E-state index is -2.03. The van der Waals surface area contributed by atoms with E-state index in [0.29, 0.717) is 24.5 Å². The molecule has 0 aliphatic carbocycles. The van der Waals surface area contributed by atoms with Gasteiger partial charge in [0.15, 0.2) is 35.9 Å². The summed E-state index contributed by atoms with van der Waals surface area (Å²) in [5.74, 6) is -0.762. The largest absolute Gasteiger partial charge is 0.414 e. The van der Waals surface area contributed by atoms with Crippen molar-refractivity contribution in [2.75, 3.05) is 6.61 Å². The number of nitrogens with two attached hydrogens (primary N) is 1. The van der Waals surface area contributed by atoms with Crippen LogP contribution in [0.4, 0.5) is 0 Å². The summed E-state index contributed by atoms with van der Waals surface area (Å²) in [6.45, 7) is 32.6. The van der Waals surface area contributed by atoms with Crippen LogP contribution in [0.3, 0.4) is 0 Å². The molecular formula is C41H76N2O7SSi3. The van der Waals surface area contributed by atoms with Crippen molar-refractivity contribution in [3.63, 3.8) is 0 Å². The molecule has 0 saturated carbocycles. The van der Waals surface area contributed by atoms with E-state index in [2.05, 4.69) is 100 Å². The highest BCUT2D eigenvalue weighted by molar-refractivity contribution is 8.13. The third-order valence-corrected chi connectivity index (χ3v) is 28.0. The first-order valence-corrected chi connectivity index (χ1v) is 30.0. The molecular weight excluding hydrogens is 749 g/mol. The van der Waals surface area contributed by atoms with Crippen LogP contribution in [0.2, 0.25) is 54.4 Å². The third kappa shape index (κ3) is 11.4. The Morgan fingerprint density at radius 1 is 1.00 bits per heavy atom. The van der Waals surface area contributed by atoms with E-state index in [9.17, 15) is 4.79 Å². The maximum Gasteiger partial charge on any atom is 0.197 e. The molecule has 1 aromatic rings. The molecule has 0 aromatic carbocycles. The summed E-state index contributed by atoms with van der Waals surface area (Å²) in [4.78, 5) is 18.0. The van der Waals surface area contributed by atoms with Crippen molar-refractivity contribution < 1.29 is 32.3 Å². The predicted molar refractivity (Wildman–Crippen MR) is 228 cm³/mol. The highest BCUT2D eigenvalue weighted by atomic mass is 32.2. The molecule has 54 heavy (non-hydrogen) atoms. The Hall–Kier alpha value is -0.459. The molecule has 3 fully saturated rings. The summed E-state index contributed by atoms with van der Waals surface area (Å²) in [6, 6.07) is 8.49. The van der Waals surface area contributed by atoms with Crippen LogP contribution in [0.25, 0.3) is 0 Å². The molecule has 2 N–H and O–H groups in total. The van der Waals surface area contributed by atoms with Gasteiger partial charge in [-0.2, -0.15) is 0 Å². The predicted octanol–water partition coefficient (Wildman–Crippen LogP) is 10.1. The van der Waals surface area contributed by atoms with Crippen LogP contribution in [0.5, 0.6) is 0 Å². The van der Waals surface area contributed by atoms with Gasteiger partial charge in [-0.1, -0.05) is 75.3 Å². The number of carbonyl (C=O) groups excluding carboxylic acids is 1. The second kappa shape index (κ2) is 18.2. The standard InChI is InChI=1S/C41H76N2O7SSi3/c1-15-54(16-2,17-3)50-37-29(4)26-41(48-34(37)25-36(44)51-35-20-18-19-23-43-35)27-32(42)38-33(47-41)24-30(46-38)21-22-31(49-53(13,14)40(8,9)10)28-45-52(11,12)39(5,6)7/h18-20,23,29-34,37-38H,15-17,21-22,24-28,42H2,1-14H3/t29-,30+,31+,32-,33?,34-,37-,38?,41-/m0/s1. The van der Waals surface area contributed by atoms with Crippen molar-refractivity contribution >= 4 is 41.8 Å². The summed E-state index contributed by atoms with van der Waals surface area (Å²) in [7, 11) is -5.99. The average molecular weight is 825 g/mol. The van der Waals surface area contributed by atoms with E-state index in [1.54, 1.807) is 6.20 Å². The highest BCUT2D eigenvalue weighted by Crippen LogP contribution is 2.48. The molecule has 4 rings (SSSR count). The van der Waals surface area contributed by atoms with Crippen molar-refractivity contribution in [1.29, 1.82) is 0 Å². The number of nitrogens with zero attached hydrogens (tertiary/aromatic N) is 1. The van der Waals surface area contributed by atoms with E-state index in [0.717, 1.165) is 37.4 Å². The molecule has 0 radical (unpaired) electrons. The van der Waals surface area contributed by atoms with Gasteiger partial charge < -0.3 is 33.2 Å². The van der Waals surface area contributed by atoms with Gasteiger partial charge in [0.05, 0.1) is 43.2 Å². The Bertz CT molecular complexity index is 1350. The van der Waals surface area contributed by atoms with Gasteiger partial charge >= 0.3 is 0 Å². The zero-order valence-corrected chi connectivity index (χ0v) is 40.1. The Kier molecular flexibility index (Phi) is 15.6. The van der Waals surface area contributed by atoms with E-state index >= 15 is 0 Å². The van der Waals surface area contributed by atoms with Gasteiger partial charge in [0.2, 0.25) is 0 Å². The minimum absolute atomic E-state index is 0.000998. The number of pyridine rings is 1. The number of thioether (sulfide) groups is 1. The van der Waals surface area contributed by atoms with E-state index in [4.69, 9.17) is 33.2 Å². The SMILES string of the molecule is CC[Si](CC)(CC)O[C@@H]1[C@H](CC(=O)Sc2ccccn2)O[C@]2(C[C@H](N)C3O[C@H](CC[C@H](CO[Si](C)(C)C(C)(C)C)O[Si](C)(C)C(C)(C)C)CC3O2)C[C@@H]1C. The van der Waals surface area contributed by atoms with E-state index in [-0.39, 0.29) is 64.1 Å².